The highest BCUT2D eigenvalue weighted by atomic mass is 16.6. The van der Waals surface area contributed by atoms with Crippen molar-refractivity contribution in [2.45, 2.75) is 104 Å². The molecule has 3 aliphatic rings. The van der Waals surface area contributed by atoms with Gasteiger partial charge in [0.15, 0.2) is 11.7 Å². The van der Waals surface area contributed by atoms with Crippen molar-refractivity contribution in [3.8, 4) is 0 Å². The molecule has 2 fully saturated rings. The van der Waals surface area contributed by atoms with E-state index in [4.69, 9.17) is 23.7 Å². The van der Waals surface area contributed by atoms with Gasteiger partial charge >= 0.3 is 29.8 Å². The summed E-state index contributed by atoms with van der Waals surface area (Å²) in [6.45, 7) is 14.9. The Kier molecular flexibility index (Phi) is 9.13. The van der Waals surface area contributed by atoms with Gasteiger partial charge in [-0.1, -0.05) is 19.1 Å². The van der Waals surface area contributed by atoms with E-state index in [-0.39, 0.29) is 18.4 Å². The number of methoxy groups -OCH3 is 1. The largest absolute Gasteiger partial charge is 0.466 e. The van der Waals surface area contributed by atoms with E-state index in [0.717, 1.165) is 0 Å². The Labute approximate surface area is 240 Å². The lowest BCUT2D eigenvalue weighted by Gasteiger charge is -2.55. The van der Waals surface area contributed by atoms with Gasteiger partial charge in [-0.05, 0) is 59.5 Å². The number of ether oxygens (including phenoxy) is 5. The monoisotopic (exact) mass is 578 g/mol. The fraction of sp³-hybridized carbons (Fsp3) is 0.700. The SMILES string of the molecule is C=C1CC[C@H](OC(C)=O)[C@]2(C)[C@@H](OC(=O)C(C)(C)C)CCC(C(=O)OC)=C[C@@H]3OC(=O)[C@H](C)[C@@]3(O)[C@@H](OC(C)=O)[C@@H]12. The summed E-state index contributed by atoms with van der Waals surface area (Å²) in [7, 11) is 1.19. The molecule has 1 saturated heterocycles. The summed E-state index contributed by atoms with van der Waals surface area (Å²) in [5.41, 5.74) is -3.80. The average molecular weight is 579 g/mol. The van der Waals surface area contributed by atoms with Crippen molar-refractivity contribution >= 4 is 29.8 Å². The average Bonchev–Trinajstić information content (AvgIpc) is 3.08. The van der Waals surface area contributed by atoms with Crippen LogP contribution in [0, 0.1) is 22.7 Å². The van der Waals surface area contributed by atoms with E-state index in [2.05, 4.69) is 6.58 Å². The van der Waals surface area contributed by atoms with Crippen LogP contribution in [0.2, 0.25) is 0 Å². The summed E-state index contributed by atoms with van der Waals surface area (Å²) in [4.78, 5) is 64.1. The summed E-state index contributed by atoms with van der Waals surface area (Å²) in [5.74, 6) is -5.54. The van der Waals surface area contributed by atoms with Gasteiger partial charge in [0.2, 0.25) is 0 Å². The summed E-state index contributed by atoms with van der Waals surface area (Å²) in [6.07, 6.45) is -2.70. The molecule has 1 aliphatic heterocycles. The van der Waals surface area contributed by atoms with Gasteiger partial charge in [0.1, 0.15) is 18.3 Å². The summed E-state index contributed by atoms with van der Waals surface area (Å²) < 4.78 is 28.4. The molecule has 0 aromatic rings. The Bertz CT molecular complexity index is 1150. The van der Waals surface area contributed by atoms with Gasteiger partial charge in [-0.2, -0.15) is 0 Å². The lowest BCUT2D eigenvalue weighted by molar-refractivity contribution is -0.222. The number of fused-ring (bicyclic) bond motifs is 2. The van der Waals surface area contributed by atoms with Gasteiger partial charge in [-0.25, -0.2) is 4.79 Å². The third kappa shape index (κ3) is 5.91. The molecule has 3 rings (SSSR count). The molecule has 1 heterocycles. The Morgan fingerprint density at radius 2 is 1.59 bits per heavy atom. The van der Waals surface area contributed by atoms with E-state index in [0.29, 0.717) is 18.4 Å². The summed E-state index contributed by atoms with van der Waals surface area (Å²) in [5, 5.41) is 12.4. The molecule has 11 heteroatoms. The highest BCUT2D eigenvalue weighted by Gasteiger charge is 2.67. The van der Waals surface area contributed by atoms with Crippen LogP contribution in [0.25, 0.3) is 0 Å². The van der Waals surface area contributed by atoms with Crippen LogP contribution in [0.5, 0.6) is 0 Å². The Hall–Kier alpha value is -3.21. The number of hydrogen-bond donors (Lipinski definition) is 1. The van der Waals surface area contributed by atoms with Crippen LogP contribution < -0.4 is 0 Å². The zero-order valence-corrected chi connectivity index (χ0v) is 25.1. The standard InChI is InChI=1S/C30H42O11/c1-15-10-12-20(38-17(3)31)29(8)21(41-27(35)28(5,6)7)13-11-19(26(34)37-9)14-22-30(36,16(2)25(33)40-22)24(23(15)29)39-18(4)32/h14,16,20-24,36H,1,10-13H2,2-9H3/t16-,20-,21-,22-,23+,24-,29+,30-/m0/s1. The maximum absolute atomic E-state index is 13.3. The van der Waals surface area contributed by atoms with E-state index < -0.39 is 82.5 Å². The Morgan fingerprint density at radius 3 is 2.12 bits per heavy atom. The molecule has 1 N–H and O–H groups in total. The lowest BCUT2D eigenvalue weighted by atomic mass is 9.55. The summed E-state index contributed by atoms with van der Waals surface area (Å²) in [6, 6.07) is 0. The molecule has 0 amide bonds. The molecule has 0 aromatic heterocycles. The second-order valence-electron chi connectivity index (χ2n) is 12.5. The molecular weight excluding hydrogens is 536 g/mol. The molecule has 0 bridgehead atoms. The van der Waals surface area contributed by atoms with Crippen molar-refractivity contribution in [3.05, 3.63) is 23.8 Å². The molecule has 8 atom stereocenters. The fourth-order valence-corrected chi connectivity index (χ4v) is 6.35. The first-order valence-corrected chi connectivity index (χ1v) is 13.8. The van der Waals surface area contributed by atoms with Gasteiger partial charge in [0.05, 0.1) is 23.9 Å². The Morgan fingerprint density at radius 1 is 1.02 bits per heavy atom. The number of aliphatic hydroxyl groups is 1. The van der Waals surface area contributed by atoms with Gasteiger partial charge in [-0.3, -0.25) is 19.2 Å². The fourth-order valence-electron chi connectivity index (χ4n) is 6.35. The minimum absolute atomic E-state index is 0.00703. The Balaban J connectivity index is 2.40. The molecule has 0 spiro atoms. The van der Waals surface area contributed by atoms with E-state index in [9.17, 15) is 29.1 Å². The molecule has 41 heavy (non-hydrogen) atoms. The van der Waals surface area contributed by atoms with Crippen LogP contribution in [0.15, 0.2) is 23.8 Å². The highest BCUT2D eigenvalue weighted by Crippen LogP contribution is 2.56. The zero-order chi connectivity index (χ0) is 31.1. The van der Waals surface area contributed by atoms with Crippen molar-refractivity contribution in [1.29, 1.82) is 0 Å². The molecule has 0 radical (unpaired) electrons. The quantitative estimate of drug-likeness (QED) is 0.298. The topological polar surface area (TPSA) is 152 Å². The minimum atomic E-state index is -2.18. The van der Waals surface area contributed by atoms with Gasteiger partial charge in [0, 0.05) is 25.3 Å². The second kappa shape index (κ2) is 11.6. The molecular formula is C30H42O11. The first-order chi connectivity index (χ1) is 18.9. The van der Waals surface area contributed by atoms with Crippen LogP contribution in [-0.2, 0) is 47.7 Å². The highest BCUT2D eigenvalue weighted by molar-refractivity contribution is 5.89. The van der Waals surface area contributed by atoms with Crippen molar-refractivity contribution in [2.75, 3.05) is 7.11 Å². The van der Waals surface area contributed by atoms with Gasteiger partial charge < -0.3 is 28.8 Å². The maximum Gasteiger partial charge on any atom is 0.333 e. The van der Waals surface area contributed by atoms with Crippen LogP contribution in [0.1, 0.15) is 74.1 Å². The second-order valence-corrected chi connectivity index (χ2v) is 12.5. The molecule has 228 valence electrons. The normalized spacial score (nSPS) is 35.6. The maximum atomic E-state index is 13.3. The molecule has 11 nitrogen and oxygen atoms in total. The van der Waals surface area contributed by atoms with Crippen molar-refractivity contribution in [2.24, 2.45) is 22.7 Å². The van der Waals surface area contributed by atoms with Crippen LogP contribution >= 0.6 is 0 Å². The van der Waals surface area contributed by atoms with Crippen molar-refractivity contribution < 1.29 is 52.8 Å². The van der Waals surface area contributed by atoms with Gasteiger partial charge in [-0.15, -0.1) is 0 Å². The number of carbonyl (C=O) groups excluding carboxylic acids is 5. The number of carbonyl (C=O) groups is 5. The summed E-state index contributed by atoms with van der Waals surface area (Å²) >= 11 is 0. The molecule has 1 saturated carbocycles. The smallest absolute Gasteiger partial charge is 0.333 e. The van der Waals surface area contributed by atoms with E-state index in [1.54, 1.807) is 27.7 Å². The van der Waals surface area contributed by atoms with Gasteiger partial charge in [0.25, 0.3) is 0 Å². The van der Waals surface area contributed by atoms with E-state index in [1.165, 1.54) is 34.0 Å². The number of hydrogen-bond acceptors (Lipinski definition) is 11. The predicted molar refractivity (Wildman–Crippen MR) is 144 cm³/mol. The number of rotatable bonds is 4. The van der Waals surface area contributed by atoms with Crippen molar-refractivity contribution in [1.82, 2.24) is 0 Å². The van der Waals surface area contributed by atoms with Crippen molar-refractivity contribution in [3.63, 3.8) is 0 Å². The first kappa shape index (κ1) is 32.3. The molecule has 0 aromatic carbocycles. The zero-order valence-electron chi connectivity index (χ0n) is 25.1. The minimum Gasteiger partial charge on any atom is -0.466 e. The molecule has 2 aliphatic carbocycles. The third-order valence-corrected chi connectivity index (χ3v) is 8.67. The number of esters is 5. The lowest BCUT2D eigenvalue weighted by Crippen LogP contribution is -2.65. The first-order valence-electron chi connectivity index (χ1n) is 13.8. The van der Waals surface area contributed by atoms with Crippen LogP contribution in [0.4, 0.5) is 0 Å². The third-order valence-electron chi connectivity index (χ3n) is 8.67. The van der Waals surface area contributed by atoms with E-state index in [1.807, 2.05) is 0 Å². The van der Waals surface area contributed by atoms with Crippen LogP contribution in [0.3, 0.4) is 0 Å². The molecule has 0 unspecified atom stereocenters. The van der Waals surface area contributed by atoms with Crippen LogP contribution in [-0.4, -0.2) is 72.1 Å². The predicted octanol–water partition coefficient (Wildman–Crippen LogP) is 2.97. The van der Waals surface area contributed by atoms with E-state index >= 15 is 0 Å².